The highest BCUT2D eigenvalue weighted by molar-refractivity contribution is 5.78. The van der Waals surface area contributed by atoms with Gasteiger partial charge in [0, 0.05) is 32.2 Å². The topological polar surface area (TPSA) is 64.1 Å². The number of aliphatic carboxylic acids is 1. The number of hydrogen-bond donors (Lipinski definition) is 1. The standard InChI is InChI=1S/C14H25N3O3/c1-10-7-16(9-12(10)13(18)19)14(20)17-6-4-5-15(3)8-11(17)2/h10-12H,4-9H2,1-3H3,(H,18,19). The molecule has 2 amide bonds. The normalized spacial score (nSPS) is 32.2. The number of carboxylic acids is 1. The van der Waals surface area contributed by atoms with Gasteiger partial charge in [0.05, 0.1) is 5.92 Å². The lowest BCUT2D eigenvalue weighted by Gasteiger charge is -2.32. The Balaban J connectivity index is 2.02. The molecule has 114 valence electrons. The second-order valence-corrected chi connectivity index (χ2v) is 6.27. The summed E-state index contributed by atoms with van der Waals surface area (Å²) in [4.78, 5) is 29.6. The monoisotopic (exact) mass is 283 g/mol. The molecular formula is C14H25N3O3. The zero-order chi connectivity index (χ0) is 14.9. The van der Waals surface area contributed by atoms with E-state index < -0.39 is 11.9 Å². The van der Waals surface area contributed by atoms with Crippen LogP contribution in [0.15, 0.2) is 0 Å². The van der Waals surface area contributed by atoms with E-state index in [-0.39, 0.29) is 18.0 Å². The molecule has 0 bridgehead atoms. The third-order valence-electron chi connectivity index (χ3n) is 4.49. The van der Waals surface area contributed by atoms with Crippen LogP contribution in [0, 0.1) is 11.8 Å². The van der Waals surface area contributed by atoms with E-state index >= 15 is 0 Å². The number of carboxylic acid groups (broad SMARTS) is 1. The van der Waals surface area contributed by atoms with Crippen LogP contribution in [0.5, 0.6) is 0 Å². The highest BCUT2D eigenvalue weighted by Gasteiger charge is 2.39. The van der Waals surface area contributed by atoms with Crippen LogP contribution in [0.2, 0.25) is 0 Å². The largest absolute Gasteiger partial charge is 0.481 e. The van der Waals surface area contributed by atoms with Crippen LogP contribution in [0.1, 0.15) is 20.3 Å². The summed E-state index contributed by atoms with van der Waals surface area (Å²) in [5.74, 6) is -1.19. The number of likely N-dealkylation sites (N-methyl/N-ethyl adjacent to an activating group) is 1. The van der Waals surface area contributed by atoms with Gasteiger partial charge in [0.25, 0.3) is 0 Å². The minimum absolute atomic E-state index is 0.00315. The van der Waals surface area contributed by atoms with Crippen LogP contribution in [0.4, 0.5) is 4.79 Å². The maximum absolute atomic E-state index is 12.6. The molecule has 0 aromatic rings. The molecule has 0 saturated carbocycles. The molecule has 20 heavy (non-hydrogen) atoms. The fraction of sp³-hybridized carbons (Fsp3) is 0.857. The average molecular weight is 283 g/mol. The number of carbonyl (C=O) groups is 2. The molecule has 0 aliphatic carbocycles. The van der Waals surface area contributed by atoms with Crippen molar-refractivity contribution in [3.05, 3.63) is 0 Å². The summed E-state index contributed by atoms with van der Waals surface area (Å²) in [7, 11) is 2.07. The fourth-order valence-electron chi connectivity index (χ4n) is 3.28. The Morgan fingerprint density at radius 3 is 2.40 bits per heavy atom. The Kier molecular flexibility index (Phi) is 4.52. The minimum Gasteiger partial charge on any atom is -0.481 e. The number of likely N-dealkylation sites (tertiary alicyclic amines) is 1. The van der Waals surface area contributed by atoms with Gasteiger partial charge in [-0.3, -0.25) is 4.79 Å². The van der Waals surface area contributed by atoms with Crippen molar-refractivity contribution in [2.24, 2.45) is 11.8 Å². The molecule has 1 N–H and O–H groups in total. The molecule has 2 fully saturated rings. The van der Waals surface area contributed by atoms with E-state index in [1.165, 1.54) is 0 Å². The first-order chi connectivity index (χ1) is 9.40. The van der Waals surface area contributed by atoms with Crippen molar-refractivity contribution in [1.29, 1.82) is 0 Å². The van der Waals surface area contributed by atoms with Crippen LogP contribution in [-0.2, 0) is 4.79 Å². The summed E-state index contributed by atoms with van der Waals surface area (Å²) in [6, 6.07) is 0.178. The Hall–Kier alpha value is -1.30. The van der Waals surface area contributed by atoms with Crippen LogP contribution in [0.25, 0.3) is 0 Å². The van der Waals surface area contributed by atoms with E-state index in [0.717, 1.165) is 26.1 Å². The zero-order valence-corrected chi connectivity index (χ0v) is 12.6. The number of amides is 2. The molecule has 6 nitrogen and oxygen atoms in total. The summed E-state index contributed by atoms with van der Waals surface area (Å²) in [5.41, 5.74) is 0. The van der Waals surface area contributed by atoms with Crippen molar-refractivity contribution < 1.29 is 14.7 Å². The summed E-state index contributed by atoms with van der Waals surface area (Å²) in [6.07, 6.45) is 0.971. The molecule has 2 aliphatic heterocycles. The molecular weight excluding hydrogens is 258 g/mol. The fourth-order valence-corrected chi connectivity index (χ4v) is 3.28. The van der Waals surface area contributed by atoms with E-state index in [1.807, 2.05) is 11.8 Å². The van der Waals surface area contributed by atoms with Gasteiger partial charge in [0.2, 0.25) is 0 Å². The van der Waals surface area contributed by atoms with Gasteiger partial charge in [-0.05, 0) is 32.9 Å². The van der Waals surface area contributed by atoms with E-state index in [1.54, 1.807) is 4.90 Å². The predicted molar refractivity (Wildman–Crippen MR) is 75.5 cm³/mol. The van der Waals surface area contributed by atoms with Crippen molar-refractivity contribution >= 4 is 12.0 Å². The molecule has 2 rings (SSSR count). The van der Waals surface area contributed by atoms with Gasteiger partial charge in [-0.25, -0.2) is 4.79 Å². The van der Waals surface area contributed by atoms with Gasteiger partial charge in [-0.1, -0.05) is 6.92 Å². The summed E-state index contributed by atoms with van der Waals surface area (Å²) in [5, 5.41) is 9.17. The lowest BCUT2D eigenvalue weighted by molar-refractivity contribution is -0.142. The molecule has 0 spiro atoms. The van der Waals surface area contributed by atoms with E-state index in [9.17, 15) is 9.59 Å². The molecule has 6 heteroatoms. The molecule has 0 radical (unpaired) electrons. The number of carbonyl (C=O) groups excluding carboxylic acids is 1. The number of hydrogen-bond acceptors (Lipinski definition) is 3. The lowest BCUT2D eigenvalue weighted by atomic mass is 9.99. The first-order valence-corrected chi connectivity index (χ1v) is 7.37. The second kappa shape index (κ2) is 5.99. The van der Waals surface area contributed by atoms with E-state index in [4.69, 9.17) is 5.11 Å². The highest BCUT2D eigenvalue weighted by atomic mass is 16.4. The first kappa shape index (κ1) is 15.1. The second-order valence-electron chi connectivity index (χ2n) is 6.27. The number of nitrogens with zero attached hydrogens (tertiary/aromatic N) is 3. The molecule has 2 aliphatic rings. The van der Waals surface area contributed by atoms with Gasteiger partial charge in [0.1, 0.15) is 0 Å². The van der Waals surface area contributed by atoms with E-state index in [2.05, 4.69) is 18.9 Å². The maximum atomic E-state index is 12.6. The van der Waals surface area contributed by atoms with Gasteiger partial charge >= 0.3 is 12.0 Å². The molecule has 3 unspecified atom stereocenters. The Morgan fingerprint density at radius 2 is 1.80 bits per heavy atom. The van der Waals surface area contributed by atoms with Crippen LogP contribution in [0.3, 0.4) is 0 Å². The molecule has 3 atom stereocenters. The summed E-state index contributed by atoms with van der Waals surface area (Å²) < 4.78 is 0. The Labute approximate surface area is 120 Å². The Morgan fingerprint density at radius 1 is 1.10 bits per heavy atom. The Bertz CT molecular complexity index is 388. The van der Waals surface area contributed by atoms with Crippen molar-refractivity contribution in [1.82, 2.24) is 14.7 Å². The van der Waals surface area contributed by atoms with Crippen molar-refractivity contribution in [2.45, 2.75) is 26.3 Å². The van der Waals surface area contributed by atoms with Crippen molar-refractivity contribution in [3.63, 3.8) is 0 Å². The third-order valence-corrected chi connectivity index (χ3v) is 4.49. The zero-order valence-electron chi connectivity index (χ0n) is 12.6. The summed E-state index contributed by atoms with van der Waals surface area (Å²) in [6.45, 7) is 7.50. The predicted octanol–water partition coefficient (Wildman–Crippen LogP) is 0.785. The van der Waals surface area contributed by atoms with Gasteiger partial charge < -0.3 is 19.8 Å². The SMILES string of the molecule is CC1CN(C(=O)N2CCCN(C)CC2C)CC1C(=O)O. The van der Waals surface area contributed by atoms with Crippen molar-refractivity contribution in [3.8, 4) is 0 Å². The van der Waals surface area contributed by atoms with Gasteiger partial charge in [-0.15, -0.1) is 0 Å². The molecule has 0 aromatic heterocycles. The lowest BCUT2D eigenvalue weighted by Crippen LogP contribution is -2.48. The molecule has 0 aromatic carbocycles. The van der Waals surface area contributed by atoms with E-state index in [0.29, 0.717) is 13.1 Å². The number of rotatable bonds is 1. The summed E-state index contributed by atoms with van der Waals surface area (Å²) >= 11 is 0. The number of urea groups is 1. The average Bonchev–Trinajstić information content (AvgIpc) is 2.67. The third kappa shape index (κ3) is 3.06. The molecule has 2 heterocycles. The quantitative estimate of drug-likeness (QED) is 0.772. The van der Waals surface area contributed by atoms with Gasteiger partial charge in [0.15, 0.2) is 0 Å². The first-order valence-electron chi connectivity index (χ1n) is 7.37. The van der Waals surface area contributed by atoms with Crippen molar-refractivity contribution in [2.75, 3.05) is 39.8 Å². The highest BCUT2D eigenvalue weighted by Crippen LogP contribution is 2.25. The van der Waals surface area contributed by atoms with Crippen LogP contribution >= 0.6 is 0 Å². The van der Waals surface area contributed by atoms with Crippen LogP contribution in [-0.4, -0.2) is 77.6 Å². The van der Waals surface area contributed by atoms with Crippen LogP contribution < -0.4 is 0 Å². The smallest absolute Gasteiger partial charge is 0.320 e. The maximum Gasteiger partial charge on any atom is 0.320 e. The molecule has 2 saturated heterocycles. The minimum atomic E-state index is -0.795. The van der Waals surface area contributed by atoms with Gasteiger partial charge in [-0.2, -0.15) is 0 Å².